The summed E-state index contributed by atoms with van der Waals surface area (Å²) in [6.07, 6.45) is 0. The van der Waals surface area contributed by atoms with Gasteiger partial charge in [-0.2, -0.15) is 0 Å². The van der Waals surface area contributed by atoms with E-state index in [2.05, 4.69) is 16.7 Å². The maximum Gasteiger partial charge on any atom is 0.311 e. The van der Waals surface area contributed by atoms with Crippen molar-refractivity contribution in [3.8, 4) is 5.75 Å². The SMILES string of the molecule is COc1cc(N2C[C@@H](C)[C@@H](N3CCOCC3)C2)ccc1[N+](=O)[O-]. The molecule has 0 unspecified atom stereocenters. The molecular formula is C16H23N3O4. The van der Waals surface area contributed by atoms with E-state index < -0.39 is 4.92 Å². The van der Waals surface area contributed by atoms with Gasteiger partial charge in [0.05, 0.1) is 25.2 Å². The molecule has 2 aliphatic rings. The second kappa shape index (κ2) is 6.72. The van der Waals surface area contributed by atoms with Gasteiger partial charge in [0.2, 0.25) is 0 Å². The van der Waals surface area contributed by atoms with E-state index in [1.165, 1.54) is 13.2 Å². The Morgan fingerprint density at radius 3 is 2.70 bits per heavy atom. The molecule has 0 aromatic heterocycles. The third-order valence-electron chi connectivity index (χ3n) is 4.81. The highest BCUT2D eigenvalue weighted by Crippen LogP contribution is 2.34. The average Bonchev–Trinajstić information content (AvgIpc) is 2.96. The standard InChI is InChI=1S/C16H23N3O4/c1-12-10-18(11-15(12)17-5-7-23-8-6-17)13-3-4-14(19(20)21)16(9-13)22-2/h3-4,9,12,15H,5-8,10-11H2,1-2H3/t12-,15+/m1/s1. The van der Waals surface area contributed by atoms with Crippen LogP contribution in [0.2, 0.25) is 0 Å². The fourth-order valence-electron chi connectivity index (χ4n) is 3.56. The highest BCUT2D eigenvalue weighted by atomic mass is 16.6. The van der Waals surface area contributed by atoms with Gasteiger partial charge in [0.1, 0.15) is 0 Å². The zero-order chi connectivity index (χ0) is 16.4. The largest absolute Gasteiger partial charge is 0.490 e. The molecule has 0 radical (unpaired) electrons. The monoisotopic (exact) mass is 321 g/mol. The molecule has 23 heavy (non-hydrogen) atoms. The molecule has 2 aliphatic heterocycles. The average molecular weight is 321 g/mol. The van der Waals surface area contributed by atoms with Gasteiger partial charge in [-0.3, -0.25) is 15.0 Å². The van der Waals surface area contributed by atoms with Crippen LogP contribution in [0.3, 0.4) is 0 Å². The van der Waals surface area contributed by atoms with Crippen molar-refractivity contribution in [2.24, 2.45) is 5.92 Å². The first kappa shape index (κ1) is 16.0. The molecule has 2 heterocycles. The molecule has 7 nitrogen and oxygen atoms in total. The van der Waals surface area contributed by atoms with Gasteiger partial charge in [0, 0.05) is 50.0 Å². The number of rotatable bonds is 4. The van der Waals surface area contributed by atoms with E-state index in [1.807, 2.05) is 6.07 Å². The minimum atomic E-state index is -0.411. The molecule has 2 atom stereocenters. The quantitative estimate of drug-likeness (QED) is 0.622. The number of anilines is 1. The van der Waals surface area contributed by atoms with Gasteiger partial charge in [0.25, 0.3) is 0 Å². The molecule has 3 rings (SSSR count). The predicted octanol–water partition coefficient (Wildman–Crippen LogP) is 1.76. The number of nitro benzene ring substituents is 1. The number of benzene rings is 1. The van der Waals surface area contributed by atoms with Crippen LogP contribution < -0.4 is 9.64 Å². The topological polar surface area (TPSA) is 68.1 Å². The Bertz CT molecular complexity index is 574. The van der Waals surface area contributed by atoms with Crippen LogP contribution in [-0.2, 0) is 4.74 Å². The van der Waals surface area contributed by atoms with Gasteiger partial charge in [0.15, 0.2) is 5.75 Å². The van der Waals surface area contributed by atoms with E-state index in [-0.39, 0.29) is 5.69 Å². The van der Waals surface area contributed by atoms with Crippen LogP contribution in [0.25, 0.3) is 0 Å². The molecule has 1 aromatic rings. The predicted molar refractivity (Wildman–Crippen MR) is 87.2 cm³/mol. The zero-order valence-electron chi connectivity index (χ0n) is 13.6. The van der Waals surface area contributed by atoms with Gasteiger partial charge in [-0.05, 0) is 12.0 Å². The van der Waals surface area contributed by atoms with Crippen molar-refractivity contribution in [1.29, 1.82) is 0 Å². The van der Waals surface area contributed by atoms with E-state index in [0.29, 0.717) is 17.7 Å². The number of ether oxygens (including phenoxy) is 2. The van der Waals surface area contributed by atoms with Crippen molar-refractivity contribution in [1.82, 2.24) is 4.90 Å². The minimum Gasteiger partial charge on any atom is -0.490 e. The first-order chi connectivity index (χ1) is 11.1. The molecule has 2 saturated heterocycles. The summed E-state index contributed by atoms with van der Waals surface area (Å²) in [5.41, 5.74) is 0.989. The van der Waals surface area contributed by atoms with Crippen molar-refractivity contribution in [3.05, 3.63) is 28.3 Å². The highest BCUT2D eigenvalue weighted by molar-refractivity contribution is 5.60. The number of nitrogens with zero attached hydrogens (tertiary/aromatic N) is 3. The number of nitro groups is 1. The maximum absolute atomic E-state index is 11.0. The highest BCUT2D eigenvalue weighted by Gasteiger charge is 2.35. The summed E-state index contributed by atoms with van der Waals surface area (Å²) >= 11 is 0. The van der Waals surface area contributed by atoms with Crippen molar-refractivity contribution < 1.29 is 14.4 Å². The lowest BCUT2D eigenvalue weighted by molar-refractivity contribution is -0.385. The molecule has 0 spiro atoms. The Hall–Kier alpha value is -1.86. The molecule has 2 fully saturated rings. The van der Waals surface area contributed by atoms with Crippen LogP contribution in [0.4, 0.5) is 11.4 Å². The summed E-state index contributed by atoms with van der Waals surface area (Å²) in [7, 11) is 1.47. The van der Waals surface area contributed by atoms with Crippen molar-refractivity contribution in [3.63, 3.8) is 0 Å². The summed E-state index contributed by atoms with van der Waals surface area (Å²) < 4.78 is 10.6. The van der Waals surface area contributed by atoms with E-state index in [1.54, 1.807) is 6.07 Å². The molecule has 0 aliphatic carbocycles. The first-order valence-corrected chi connectivity index (χ1v) is 7.99. The van der Waals surface area contributed by atoms with Crippen LogP contribution in [0.1, 0.15) is 6.92 Å². The van der Waals surface area contributed by atoms with Crippen LogP contribution in [0.5, 0.6) is 5.75 Å². The van der Waals surface area contributed by atoms with E-state index in [0.717, 1.165) is 45.1 Å². The molecule has 0 amide bonds. The zero-order valence-corrected chi connectivity index (χ0v) is 13.6. The van der Waals surface area contributed by atoms with Crippen molar-refractivity contribution in [2.75, 3.05) is 51.4 Å². The van der Waals surface area contributed by atoms with Crippen molar-refractivity contribution in [2.45, 2.75) is 13.0 Å². The van der Waals surface area contributed by atoms with Crippen LogP contribution in [-0.4, -0.2) is 62.4 Å². The maximum atomic E-state index is 11.0. The minimum absolute atomic E-state index is 0.00762. The number of morpholine rings is 1. The molecule has 126 valence electrons. The molecular weight excluding hydrogens is 298 g/mol. The van der Waals surface area contributed by atoms with E-state index >= 15 is 0 Å². The Balaban J connectivity index is 1.76. The lowest BCUT2D eigenvalue weighted by atomic mass is 10.0. The third-order valence-corrected chi connectivity index (χ3v) is 4.81. The van der Waals surface area contributed by atoms with Gasteiger partial charge in [-0.25, -0.2) is 0 Å². The Morgan fingerprint density at radius 1 is 1.30 bits per heavy atom. The summed E-state index contributed by atoms with van der Waals surface area (Å²) in [5, 5.41) is 11.0. The summed E-state index contributed by atoms with van der Waals surface area (Å²) in [4.78, 5) is 15.4. The van der Waals surface area contributed by atoms with Crippen molar-refractivity contribution >= 4 is 11.4 Å². The van der Waals surface area contributed by atoms with Gasteiger partial charge >= 0.3 is 5.69 Å². The van der Waals surface area contributed by atoms with Crippen LogP contribution >= 0.6 is 0 Å². The lowest BCUT2D eigenvalue weighted by Gasteiger charge is -2.34. The smallest absolute Gasteiger partial charge is 0.311 e. The first-order valence-electron chi connectivity index (χ1n) is 7.99. The lowest BCUT2D eigenvalue weighted by Crippen LogP contribution is -2.46. The normalized spacial score (nSPS) is 25.6. The second-order valence-electron chi connectivity index (χ2n) is 6.21. The van der Waals surface area contributed by atoms with E-state index in [4.69, 9.17) is 9.47 Å². The molecule has 1 aromatic carbocycles. The molecule has 7 heteroatoms. The van der Waals surface area contributed by atoms with Crippen LogP contribution in [0, 0.1) is 16.0 Å². The second-order valence-corrected chi connectivity index (χ2v) is 6.21. The van der Waals surface area contributed by atoms with Gasteiger partial charge in [-0.1, -0.05) is 6.92 Å². The number of hydrogen-bond donors (Lipinski definition) is 0. The number of methoxy groups -OCH3 is 1. The Labute approximate surface area is 135 Å². The van der Waals surface area contributed by atoms with E-state index in [9.17, 15) is 10.1 Å². The van der Waals surface area contributed by atoms with Gasteiger partial charge in [-0.15, -0.1) is 0 Å². The summed E-state index contributed by atoms with van der Waals surface area (Å²) in [6.45, 7) is 7.70. The third kappa shape index (κ3) is 3.25. The summed E-state index contributed by atoms with van der Waals surface area (Å²) in [5.74, 6) is 0.865. The fourth-order valence-corrected chi connectivity index (χ4v) is 3.56. The summed E-state index contributed by atoms with van der Waals surface area (Å²) in [6, 6.07) is 5.61. The Kier molecular flexibility index (Phi) is 4.68. The fraction of sp³-hybridized carbons (Fsp3) is 0.625. The van der Waals surface area contributed by atoms with Gasteiger partial charge < -0.3 is 14.4 Å². The number of hydrogen-bond acceptors (Lipinski definition) is 6. The molecule has 0 bridgehead atoms. The molecule has 0 saturated carbocycles. The Morgan fingerprint density at radius 2 is 2.04 bits per heavy atom. The molecule has 0 N–H and O–H groups in total. The van der Waals surface area contributed by atoms with Crippen LogP contribution in [0.15, 0.2) is 18.2 Å².